The Bertz CT molecular complexity index is 659. The largest absolute Gasteiger partial charge is 0.497 e. The second-order valence-corrected chi connectivity index (χ2v) is 4.53. The van der Waals surface area contributed by atoms with Crippen LogP contribution in [0, 0.1) is 0 Å². The maximum atomic E-state index is 5.16. The van der Waals surface area contributed by atoms with Gasteiger partial charge in [-0.25, -0.2) is 15.0 Å². The Morgan fingerprint density at radius 3 is 2.29 bits per heavy atom. The lowest BCUT2D eigenvalue weighted by Crippen LogP contribution is -2.10. The number of anilines is 1. The van der Waals surface area contributed by atoms with E-state index in [1.165, 1.54) is 6.33 Å². The predicted molar refractivity (Wildman–Crippen MR) is 84.7 cm³/mol. The lowest BCUT2D eigenvalue weighted by atomic mass is 10.2. The predicted octanol–water partition coefficient (Wildman–Crippen LogP) is 2.79. The summed E-state index contributed by atoms with van der Waals surface area (Å²) in [5.41, 5.74) is 0.988. The average molecular weight is 282 g/mol. The molecule has 1 aromatic carbocycles. The van der Waals surface area contributed by atoms with Crippen LogP contribution in [-0.4, -0.2) is 36.2 Å². The third-order valence-corrected chi connectivity index (χ3v) is 2.82. The molecule has 0 aliphatic carbocycles. The molecule has 3 aromatic rings. The van der Waals surface area contributed by atoms with Crippen LogP contribution in [0.3, 0.4) is 0 Å². The molecule has 0 radical (unpaired) electrons. The molecule has 3 rings (SSSR count). The summed E-state index contributed by atoms with van der Waals surface area (Å²) in [6, 6.07) is 11.7. The van der Waals surface area contributed by atoms with Crippen LogP contribution < -0.4 is 9.64 Å². The van der Waals surface area contributed by atoms with Crippen molar-refractivity contribution in [2.24, 2.45) is 0 Å². The summed E-state index contributed by atoms with van der Waals surface area (Å²) < 4.78 is 5.16. The van der Waals surface area contributed by atoms with E-state index >= 15 is 0 Å². The first-order valence-electron chi connectivity index (χ1n) is 6.53. The minimum atomic E-state index is 0.863. The number of rotatable bonds is 2. The molecule has 21 heavy (non-hydrogen) atoms. The Morgan fingerprint density at radius 2 is 1.76 bits per heavy atom. The summed E-state index contributed by atoms with van der Waals surface area (Å²) in [5.74, 6) is 1.83. The number of nitrogens with zero attached hydrogens (tertiary/aromatic N) is 4. The summed E-state index contributed by atoms with van der Waals surface area (Å²) >= 11 is 0. The van der Waals surface area contributed by atoms with E-state index in [1.807, 2.05) is 43.3 Å². The molecule has 5 nitrogen and oxygen atoms in total. The number of methoxy groups -OCH3 is 1. The van der Waals surface area contributed by atoms with Gasteiger partial charge in [0.15, 0.2) is 0 Å². The van der Waals surface area contributed by atoms with Crippen molar-refractivity contribution in [3.63, 3.8) is 0 Å². The number of hydrogen-bond acceptors (Lipinski definition) is 5. The summed E-state index contributed by atoms with van der Waals surface area (Å²) in [4.78, 5) is 13.9. The molecule has 2 heterocycles. The topological polar surface area (TPSA) is 51.1 Å². The Balaban J connectivity index is 0.000000225. The molecule has 0 bridgehead atoms. The highest BCUT2D eigenvalue weighted by atomic mass is 16.5. The van der Waals surface area contributed by atoms with Crippen LogP contribution in [0.1, 0.15) is 0 Å². The zero-order chi connectivity index (χ0) is 15.1. The molecule has 0 aliphatic heterocycles. The summed E-state index contributed by atoms with van der Waals surface area (Å²) in [6.45, 7) is 0. The Labute approximate surface area is 124 Å². The normalized spacial score (nSPS) is 9.67. The maximum absolute atomic E-state index is 5.16. The first kappa shape index (κ1) is 14.7. The van der Waals surface area contributed by atoms with Gasteiger partial charge in [-0.05, 0) is 36.4 Å². The molecular formula is C16H18N4O. The quantitative estimate of drug-likeness (QED) is 0.723. The Kier molecular flexibility index (Phi) is 5.04. The number of aromatic nitrogens is 3. The number of benzene rings is 1. The van der Waals surface area contributed by atoms with E-state index in [2.05, 4.69) is 21.0 Å². The molecule has 5 heteroatoms. The fourth-order valence-corrected chi connectivity index (χ4v) is 1.72. The van der Waals surface area contributed by atoms with E-state index in [0.29, 0.717) is 0 Å². The minimum Gasteiger partial charge on any atom is -0.497 e. The molecule has 0 saturated heterocycles. The lowest BCUT2D eigenvalue weighted by molar-refractivity contribution is 0.415. The van der Waals surface area contributed by atoms with Crippen molar-refractivity contribution in [2.45, 2.75) is 0 Å². The lowest BCUT2D eigenvalue weighted by Gasteiger charge is -2.11. The zero-order valence-electron chi connectivity index (χ0n) is 12.4. The average Bonchev–Trinajstić information content (AvgIpc) is 2.56. The zero-order valence-corrected chi connectivity index (χ0v) is 12.4. The highest BCUT2D eigenvalue weighted by Gasteiger charge is 2.00. The van der Waals surface area contributed by atoms with Crippen LogP contribution in [0.25, 0.3) is 10.9 Å². The van der Waals surface area contributed by atoms with E-state index < -0.39 is 0 Å². The van der Waals surface area contributed by atoms with Gasteiger partial charge in [0.25, 0.3) is 0 Å². The van der Waals surface area contributed by atoms with Crippen molar-refractivity contribution < 1.29 is 4.74 Å². The molecule has 108 valence electrons. The first-order chi connectivity index (χ1) is 10.2. The molecule has 0 atom stereocenters. The smallest absolute Gasteiger partial charge is 0.128 e. The van der Waals surface area contributed by atoms with E-state index in [9.17, 15) is 0 Å². The van der Waals surface area contributed by atoms with Gasteiger partial charge in [-0.15, -0.1) is 0 Å². The van der Waals surface area contributed by atoms with Gasteiger partial charge in [0, 0.05) is 31.9 Å². The third kappa shape index (κ3) is 4.14. The van der Waals surface area contributed by atoms with Crippen LogP contribution in [-0.2, 0) is 0 Å². The van der Waals surface area contributed by atoms with Gasteiger partial charge in [-0.1, -0.05) is 0 Å². The Morgan fingerprint density at radius 1 is 1.00 bits per heavy atom. The second kappa shape index (κ2) is 7.19. The summed E-state index contributed by atoms with van der Waals surface area (Å²) in [7, 11) is 5.64. The van der Waals surface area contributed by atoms with Crippen LogP contribution in [0.4, 0.5) is 5.82 Å². The highest BCUT2D eigenvalue weighted by molar-refractivity contribution is 5.81. The van der Waals surface area contributed by atoms with Gasteiger partial charge in [0.2, 0.25) is 0 Å². The summed E-state index contributed by atoms with van der Waals surface area (Å²) in [6.07, 6.45) is 4.88. The number of pyridine rings is 1. The molecule has 0 N–H and O–H groups in total. The molecule has 0 saturated carbocycles. The van der Waals surface area contributed by atoms with Crippen molar-refractivity contribution in [3.8, 4) is 5.75 Å². The second-order valence-electron chi connectivity index (χ2n) is 4.53. The van der Waals surface area contributed by atoms with E-state index in [1.54, 1.807) is 25.6 Å². The van der Waals surface area contributed by atoms with E-state index in [-0.39, 0.29) is 0 Å². The standard InChI is InChI=1S/C12H14N2O.C4H4N2/c1-14(2)12-7-4-9-8-10(15-3)5-6-11(9)13-12;1-2-5-4-6-3-1/h4-8H,1-3H3;1-4H. The van der Waals surface area contributed by atoms with Crippen LogP contribution >= 0.6 is 0 Å². The third-order valence-electron chi connectivity index (χ3n) is 2.82. The molecule has 0 unspecified atom stereocenters. The fourth-order valence-electron chi connectivity index (χ4n) is 1.72. The minimum absolute atomic E-state index is 0.863. The fraction of sp³-hybridized carbons (Fsp3) is 0.188. The molecule has 0 amide bonds. The monoisotopic (exact) mass is 282 g/mol. The van der Waals surface area contributed by atoms with Gasteiger partial charge in [0.1, 0.15) is 17.9 Å². The van der Waals surface area contributed by atoms with E-state index in [4.69, 9.17) is 4.74 Å². The Hall–Kier alpha value is -2.69. The SMILES string of the molecule is COc1ccc2nc(N(C)C)ccc2c1.c1cncnc1. The van der Waals surface area contributed by atoms with Crippen molar-refractivity contribution in [1.29, 1.82) is 0 Å². The number of ether oxygens (including phenoxy) is 1. The van der Waals surface area contributed by atoms with Gasteiger partial charge in [0.05, 0.1) is 12.6 Å². The van der Waals surface area contributed by atoms with Gasteiger partial charge in [-0.2, -0.15) is 0 Å². The van der Waals surface area contributed by atoms with Crippen LogP contribution in [0.15, 0.2) is 55.1 Å². The summed E-state index contributed by atoms with van der Waals surface area (Å²) in [5, 5.41) is 1.10. The van der Waals surface area contributed by atoms with Crippen molar-refractivity contribution in [1.82, 2.24) is 15.0 Å². The molecule has 0 aliphatic rings. The highest BCUT2D eigenvalue weighted by Crippen LogP contribution is 2.21. The first-order valence-corrected chi connectivity index (χ1v) is 6.53. The molecule has 0 spiro atoms. The molecular weight excluding hydrogens is 264 g/mol. The van der Waals surface area contributed by atoms with Gasteiger partial charge >= 0.3 is 0 Å². The molecule has 2 aromatic heterocycles. The maximum Gasteiger partial charge on any atom is 0.128 e. The van der Waals surface area contributed by atoms with Crippen LogP contribution in [0.2, 0.25) is 0 Å². The molecule has 0 fully saturated rings. The number of fused-ring (bicyclic) bond motifs is 1. The van der Waals surface area contributed by atoms with Gasteiger partial charge < -0.3 is 9.64 Å². The van der Waals surface area contributed by atoms with Crippen LogP contribution in [0.5, 0.6) is 5.75 Å². The van der Waals surface area contributed by atoms with Gasteiger partial charge in [-0.3, -0.25) is 0 Å². The van der Waals surface area contributed by atoms with Crippen molar-refractivity contribution in [2.75, 3.05) is 26.1 Å². The van der Waals surface area contributed by atoms with Crippen molar-refractivity contribution in [3.05, 3.63) is 55.1 Å². The number of hydrogen-bond donors (Lipinski definition) is 0. The van der Waals surface area contributed by atoms with E-state index in [0.717, 1.165) is 22.5 Å². The van der Waals surface area contributed by atoms with Crippen molar-refractivity contribution >= 4 is 16.7 Å².